The van der Waals surface area contributed by atoms with Crippen molar-refractivity contribution >= 4 is 15.9 Å². The maximum absolute atomic E-state index is 11.6. The summed E-state index contributed by atoms with van der Waals surface area (Å²) in [6, 6.07) is -0.0183. The summed E-state index contributed by atoms with van der Waals surface area (Å²) in [5.74, 6) is 0.169. The van der Waals surface area contributed by atoms with E-state index in [1.807, 2.05) is 13.8 Å². The average molecular weight is 234 g/mol. The number of carbonyl (C=O) groups excluding carboxylic acids is 1. The first-order valence-corrected chi connectivity index (χ1v) is 7.02. The highest BCUT2D eigenvalue weighted by Gasteiger charge is 2.25. The van der Waals surface area contributed by atoms with Gasteiger partial charge >= 0.3 is 6.03 Å². The smallest absolute Gasteiger partial charge is 0.317 e. The van der Waals surface area contributed by atoms with E-state index in [1.165, 1.54) is 0 Å². The molecule has 1 saturated heterocycles. The molecule has 1 rings (SSSR count). The molecule has 0 spiro atoms. The highest BCUT2D eigenvalue weighted by molar-refractivity contribution is 7.91. The number of amides is 2. The van der Waals surface area contributed by atoms with Crippen LogP contribution in [0.1, 0.15) is 20.3 Å². The Labute approximate surface area is 90.7 Å². The van der Waals surface area contributed by atoms with Crippen LogP contribution in [0.2, 0.25) is 0 Å². The van der Waals surface area contributed by atoms with E-state index < -0.39 is 9.84 Å². The molecule has 1 N–H and O–H groups in total. The van der Waals surface area contributed by atoms with Gasteiger partial charge in [0.15, 0.2) is 9.84 Å². The van der Waals surface area contributed by atoms with Gasteiger partial charge in [0.1, 0.15) is 0 Å². The molecule has 1 aliphatic rings. The highest BCUT2D eigenvalue weighted by Crippen LogP contribution is 2.04. The Morgan fingerprint density at radius 2 is 1.93 bits per heavy atom. The summed E-state index contributed by atoms with van der Waals surface area (Å²) in [7, 11) is -2.90. The topological polar surface area (TPSA) is 66.5 Å². The summed E-state index contributed by atoms with van der Waals surface area (Å²) >= 11 is 0. The van der Waals surface area contributed by atoms with Crippen molar-refractivity contribution in [2.75, 3.05) is 24.6 Å². The van der Waals surface area contributed by atoms with Crippen molar-refractivity contribution < 1.29 is 13.2 Å². The molecule has 1 atom stereocenters. The monoisotopic (exact) mass is 234 g/mol. The number of hydrogen-bond acceptors (Lipinski definition) is 3. The lowest BCUT2D eigenvalue weighted by Gasteiger charge is -2.28. The van der Waals surface area contributed by atoms with Crippen LogP contribution in [-0.4, -0.2) is 50.0 Å². The Morgan fingerprint density at radius 1 is 1.40 bits per heavy atom. The maximum Gasteiger partial charge on any atom is 0.317 e. The standard InChI is InChI=1S/C9H18N2O3S/c1-3-8(2)10-9(12)11-4-6-15(13,14)7-5-11/h8H,3-7H2,1-2H3,(H,10,12). The normalized spacial score (nSPS) is 22.1. The summed E-state index contributed by atoms with van der Waals surface area (Å²) in [5, 5.41) is 2.82. The van der Waals surface area contributed by atoms with Crippen molar-refractivity contribution in [3.8, 4) is 0 Å². The van der Waals surface area contributed by atoms with E-state index in [0.29, 0.717) is 13.1 Å². The Hall–Kier alpha value is -0.780. The van der Waals surface area contributed by atoms with E-state index in [-0.39, 0.29) is 23.6 Å². The molecule has 0 bridgehead atoms. The number of carbonyl (C=O) groups is 1. The van der Waals surface area contributed by atoms with Crippen LogP contribution < -0.4 is 5.32 Å². The molecule has 0 saturated carbocycles. The molecule has 1 unspecified atom stereocenters. The molecular formula is C9H18N2O3S. The summed E-state index contributed by atoms with van der Waals surface area (Å²) in [4.78, 5) is 13.2. The second-order valence-electron chi connectivity index (χ2n) is 3.90. The molecule has 1 aliphatic heterocycles. The van der Waals surface area contributed by atoms with E-state index in [1.54, 1.807) is 4.90 Å². The SMILES string of the molecule is CCC(C)NC(=O)N1CCS(=O)(=O)CC1. The Morgan fingerprint density at radius 3 is 2.40 bits per heavy atom. The van der Waals surface area contributed by atoms with Gasteiger partial charge in [-0.25, -0.2) is 13.2 Å². The molecule has 1 fully saturated rings. The minimum absolute atomic E-state index is 0.0843. The van der Waals surface area contributed by atoms with Crippen molar-refractivity contribution in [2.24, 2.45) is 0 Å². The van der Waals surface area contributed by atoms with Crippen LogP contribution in [0.3, 0.4) is 0 Å². The second kappa shape index (κ2) is 4.83. The van der Waals surface area contributed by atoms with Gasteiger partial charge in [-0.15, -0.1) is 0 Å². The lowest BCUT2D eigenvalue weighted by atomic mass is 10.3. The van der Waals surface area contributed by atoms with Crippen LogP contribution in [0.25, 0.3) is 0 Å². The van der Waals surface area contributed by atoms with Gasteiger partial charge < -0.3 is 10.2 Å². The van der Waals surface area contributed by atoms with Gasteiger partial charge in [0.05, 0.1) is 11.5 Å². The van der Waals surface area contributed by atoms with Crippen molar-refractivity contribution in [3.63, 3.8) is 0 Å². The molecule has 0 aliphatic carbocycles. The molecule has 0 radical (unpaired) electrons. The van der Waals surface area contributed by atoms with E-state index in [4.69, 9.17) is 0 Å². The number of nitrogens with one attached hydrogen (secondary N) is 1. The van der Waals surface area contributed by atoms with E-state index in [2.05, 4.69) is 5.32 Å². The summed E-state index contributed by atoms with van der Waals surface area (Å²) in [5.41, 5.74) is 0. The third kappa shape index (κ3) is 3.70. The van der Waals surface area contributed by atoms with Crippen molar-refractivity contribution in [1.82, 2.24) is 10.2 Å². The molecule has 15 heavy (non-hydrogen) atoms. The zero-order chi connectivity index (χ0) is 11.5. The zero-order valence-electron chi connectivity index (χ0n) is 9.19. The third-order valence-corrected chi connectivity index (χ3v) is 4.22. The fourth-order valence-corrected chi connectivity index (χ4v) is 2.52. The van der Waals surface area contributed by atoms with Gasteiger partial charge in [0.25, 0.3) is 0 Å². The van der Waals surface area contributed by atoms with Crippen LogP contribution >= 0.6 is 0 Å². The summed E-state index contributed by atoms with van der Waals surface area (Å²) in [6.45, 7) is 4.54. The first kappa shape index (κ1) is 12.3. The highest BCUT2D eigenvalue weighted by atomic mass is 32.2. The maximum atomic E-state index is 11.6. The average Bonchev–Trinajstić information content (AvgIpc) is 2.17. The first-order chi connectivity index (χ1) is 6.94. The Balaban J connectivity index is 2.43. The van der Waals surface area contributed by atoms with Gasteiger partial charge in [-0.2, -0.15) is 0 Å². The molecule has 0 aromatic heterocycles. The molecule has 88 valence electrons. The number of urea groups is 1. The molecule has 1 heterocycles. The molecule has 2 amide bonds. The van der Waals surface area contributed by atoms with Gasteiger partial charge in [-0.1, -0.05) is 6.92 Å². The van der Waals surface area contributed by atoms with Gasteiger partial charge in [-0.3, -0.25) is 0 Å². The predicted molar refractivity (Wildman–Crippen MR) is 58.5 cm³/mol. The van der Waals surface area contributed by atoms with E-state index >= 15 is 0 Å². The third-order valence-electron chi connectivity index (χ3n) is 2.61. The summed E-state index contributed by atoms with van der Waals surface area (Å²) < 4.78 is 22.3. The lowest BCUT2D eigenvalue weighted by Crippen LogP contribution is -2.50. The number of rotatable bonds is 2. The van der Waals surface area contributed by atoms with Crippen molar-refractivity contribution in [2.45, 2.75) is 26.3 Å². The largest absolute Gasteiger partial charge is 0.336 e. The van der Waals surface area contributed by atoms with Crippen LogP contribution in [-0.2, 0) is 9.84 Å². The van der Waals surface area contributed by atoms with Crippen molar-refractivity contribution in [3.05, 3.63) is 0 Å². The van der Waals surface area contributed by atoms with E-state index in [0.717, 1.165) is 6.42 Å². The predicted octanol–water partition coefficient (Wildman–Crippen LogP) is 0.225. The molecule has 0 aromatic carbocycles. The van der Waals surface area contributed by atoms with Gasteiger partial charge in [0.2, 0.25) is 0 Å². The van der Waals surface area contributed by atoms with Crippen LogP contribution in [0.15, 0.2) is 0 Å². The molecule has 6 heteroatoms. The van der Waals surface area contributed by atoms with E-state index in [9.17, 15) is 13.2 Å². The van der Waals surface area contributed by atoms with Gasteiger partial charge in [-0.05, 0) is 13.3 Å². The molecular weight excluding hydrogens is 216 g/mol. The van der Waals surface area contributed by atoms with Crippen molar-refractivity contribution in [1.29, 1.82) is 0 Å². The van der Waals surface area contributed by atoms with Crippen LogP contribution in [0.5, 0.6) is 0 Å². The molecule has 0 aromatic rings. The van der Waals surface area contributed by atoms with Crippen LogP contribution in [0, 0.1) is 0 Å². The number of nitrogens with zero attached hydrogens (tertiary/aromatic N) is 1. The number of sulfone groups is 1. The second-order valence-corrected chi connectivity index (χ2v) is 6.20. The van der Waals surface area contributed by atoms with Gasteiger partial charge in [0, 0.05) is 19.1 Å². The number of hydrogen-bond donors (Lipinski definition) is 1. The minimum Gasteiger partial charge on any atom is -0.336 e. The zero-order valence-corrected chi connectivity index (χ0v) is 10.0. The first-order valence-electron chi connectivity index (χ1n) is 5.20. The quantitative estimate of drug-likeness (QED) is 0.743. The van der Waals surface area contributed by atoms with Crippen LogP contribution in [0.4, 0.5) is 4.79 Å². The Bertz CT molecular complexity index is 312. The fraction of sp³-hybridized carbons (Fsp3) is 0.889. The molecule has 5 nitrogen and oxygen atoms in total. The fourth-order valence-electron chi connectivity index (χ4n) is 1.32. The Kier molecular flexibility index (Phi) is 3.96. The lowest BCUT2D eigenvalue weighted by molar-refractivity contribution is 0.198. The summed E-state index contributed by atoms with van der Waals surface area (Å²) in [6.07, 6.45) is 0.873. The minimum atomic E-state index is -2.90.